The molecule has 86 valence electrons. The van der Waals surface area contributed by atoms with E-state index in [2.05, 4.69) is 52.3 Å². The lowest BCUT2D eigenvalue weighted by Crippen LogP contribution is -2.25. The van der Waals surface area contributed by atoms with Crippen LogP contribution in [0.25, 0.3) is 0 Å². The Kier molecular flexibility index (Phi) is 2.89. The van der Waals surface area contributed by atoms with E-state index in [0.29, 0.717) is 4.83 Å². The molecule has 1 aliphatic heterocycles. The van der Waals surface area contributed by atoms with Crippen molar-refractivity contribution >= 4 is 15.9 Å². The molecule has 0 bridgehead atoms. The number of rotatable bonds is 1. The Morgan fingerprint density at radius 3 is 2.47 bits per heavy atom. The van der Waals surface area contributed by atoms with Crippen molar-refractivity contribution in [1.29, 1.82) is 0 Å². The van der Waals surface area contributed by atoms with Gasteiger partial charge < -0.3 is 4.74 Å². The van der Waals surface area contributed by atoms with Crippen molar-refractivity contribution < 1.29 is 4.74 Å². The largest absolute Gasteiger partial charge is 0.484 e. The van der Waals surface area contributed by atoms with Gasteiger partial charge in [-0.3, -0.25) is 0 Å². The predicted octanol–water partition coefficient (Wildman–Crippen LogP) is 4.13. The van der Waals surface area contributed by atoms with Crippen LogP contribution in [0.1, 0.15) is 17.2 Å². The first-order valence-corrected chi connectivity index (χ1v) is 6.70. The van der Waals surface area contributed by atoms with Crippen LogP contribution in [0.2, 0.25) is 0 Å². The van der Waals surface area contributed by atoms with E-state index in [1.807, 2.05) is 18.2 Å². The fourth-order valence-corrected chi connectivity index (χ4v) is 3.00. The Hall–Kier alpha value is -1.28. The monoisotopic (exact) mass is 288 g/mol. The van der Waals surface area contributed by atoms with Gasteiger partial charge in [0, 0.05) is 0 Å². The Bertz CT molecular complexity index is 509. The van der Waals surface area contributed by atoms with Crippen LogP contribution in [0, 0.1) is 0 Å². The lowest BCUT2D eigenvalue weighted by atomic mass is 9.97. The van der Waals surface area contributed by atoms with E-state index < -0.39 is 0 Å². The highest BCUT2D eigenvalue weighted by Gasteiger charge is 2.28. The molecule has 0 amide bonds. The number of fused-ring (bicyclic) bond motifs is 1. The molecule has 0 saturated carbocycles. The van der Waals surface area contributed by atoms with Crippen LogP contribution in [0.15, 0.2) is 54.6 Å². The zero-order valence-electron chi connectivity index (χ0n) is 9.34. The summed E-state index contributed by atoms with van der Waals surface area (Å²) >= 11 is 3.74. The smallest absolute Gasteiger partial charge is 0.136 e. The minimum atomic E-state index is 0.103. The van der Waals surface area contributed by atoms with E-state index >= 15 is 0 Å². The summed E-state index contributed by atoms with van der Waals surface area (Å²) in [6.07, 6.45) is 1.11. The second kappa shape index (κ2) is 4.53. The van der Waals surface area contributed by atoms with Gasteiger partial charge in [-0.2, -0.15) is 0 Å². The molecule has 0 saturated heterocycles. The Morgan fingerprint density at radius 1 is 0.941 bits per heavy atom. The third kappa shape index (κ3) is 2.09. The minimum absolute atomic E-state index is 0.103. The fraction of sp³-hybridized carbons (Fsp3) is 0.200. The molecule has 0 fully saturated rings. The zero-order valence-corrected chi connectivity index (χ0v) is 10.9. The lowest BCUT2D eigenvalue weighted by molar-refractivity contribution is 0.185. The van der Waals surface area contributed by atoms with Gasteiger partial charge in [-0.05, 0) is 23.6 Å². The summed E-state index contributed by atoms with van der Waals surface area (Å²) in [7, 11) is 0. The van der Waals surface area contributed by atoms with E-state index in [4.69, 9.17) is 4.74 Å². The van der Waals surface area contributed by atoms with Crippen LogP contribution in [0.3, 0.4) is 0 Å². The Morgan fingerprint density at radius 2 is 1.65 bits per heavy atom. The predicted molar refractivity (Wildman–Crippen MR) is 72.7 cm³/mol. The first-order chi connectivity index (χ1) is 8.34. The third-order valence-electron chi connectivity index (χ3n) is 3.10. The standard InChI is InChI=1S/C15H13BrO/c16-13-10-12-8-4-5-9-14(12)17-15(13)11-6-2-1-3-7-11/h1-9,13,15H,10H2/t13-,15-/m0/s1. The Balaban J connectivity index is 1.95. The lowest BCUT2D eigenvalue weighted by Gasteiger charge is -2.30. The fourth-order valence-electron chi connectivity index (χ4n) is 2.23. The normalized spacial score (nSPS) is 22.6. The summed E-state index contributed by atoms with van der Waals surface area (Å²) < 4.78 is 6.08. The molecule has 2 atom stereocenters. The quantitative estimate of drug-likeness (QED) is 0.717. The number of halogens is 1. The Labute approximate surface area is 110 Å². The maximum Gasteiger partial charge on any atom is 0.136 e. The second-order valence-electron chi connectivity index (χ2n) is 4.28. The average molecular weight is 289 g/mol. The molecule has 3 rings (SSSR count). The number of benzene rings is 2. The van der Waals surface area contributed by atoms with Crippen molar-refractivity contribution in [2.24, 2.45) is 0 Å². The maximum absolute atomic E-state index is 6.08. The SMILES string of the molecule is Br[C@H]1Cc2ccccc2O[C@H]1c1ccccc1. The van der Waals surface area contributed by atoms with Crippen molar-refractivity contribution in [2.45, 2.75) is 17.4 Å². The van der Waals surface area contributed by atoms with Gasteiger partial charge in [-0.15, -0.1) is 0 Å². The molecule has 2 aromatic carbocycles. The molecule has 0 unspecified atom stereocenters. The van der Waals surface area contributed by atoms with Gasteiger partial charge in [-0.1, -0.05) is 64.5 Å². The molecule has 0 aromatic heterocycles. The van der Waals surface area contributed by atoms with Crippen LogP contribution in [0.5, 0.6) is 5.75 Å². The third-order valence-corrected chi connectivity index (χ3v) is 3.90. The summed E-state index contributed by atoms with van der Waals surface area (Å²) in [5, 5.41) is 0. The van der Waals surface area contributed by atoms with E-state index in [1.54, 1.807) is 0 Å². The van der Waals surface area contributed by atoms with Crippen molar-refractivity contribution in [3.63, 3.8) is 0 Å². The first kappa shape index (κ1) is 10.8. The highest BCUT2D eigenvalue weighted by Crippen LogP contribution is 2.38. The summed E-state index contributed by atoms with van der Waals surface area (Å²) in [6, 6.07) is 18.6. The van der Waals surface area contributed by atoms with Gasteiger partial charge in [-0.25, -0.2) is 0 Å². The number of hydrogen-bond acceptors (Lipinski definition) is 1. The van der Waals surface area contributed by atoms with E-state index in [1.165, 1.54) is 11.1 Å². The summed E-state index contributed by atoms with van der Waals surface area (Å²) in [5.41, 5.74) is 2.51. The van der Waals surface area contributed by atoms with Crippen molar-refractivity contribution in [3.8, 4) is 5.75 Å². The molecule has 2 heteroatoms. The molecule has 0 aliphatic carbocycles. The summed E-state index contributed by atoms with van der Waals surface area (Å²) in [4.78, 5) is 0.333. The number of alkyl halides is 1. The number of para-hydroxylation sites is 1. The van der Waals surface area contributed by atoms with Crippen molar-refractivity contribution in [1.82, 2.24) is 0 Å². The molecule has 1 nitrogen and oxygen atoms in total. The maximum atomic E-state index is 6.08. The number of hydrogen-bond donors (Lipinski definition) is 0. The molecule has 2 aromatic rings. The van der Waals surface area contributed by atoms with Crippen LogP contribution in [0.4, 0.5) is 0 Å². The van der Waals surface area contributed by atoms with Gasteiger partial charge in [0.25, 0.3) is 0 Å². The van der Waals surface area contributed by atoms with Crippen molar-refractivity contribution in [3.05, 3.63) is 65.7 Å². The van der Waals surface area contributed by atoms with Gasteiger partial charge in [0.05, 0.1) is 4.83 Å². The molecular formula is C15H13BrO. The summed E-state index contributed by atoms with van der Waals surface area (Å²) in [5.74, 6) is 1.01. The zero-order chi connectivity index (χ0) is 11.7. The second-order valence-corrected chi connectivity index (χ2v) is 5.45. The highest BCUT2D eigenvalue weighted by molar-refractivity contribution is 9.09. The highest BCUT2D eigenvalue weighted by atomic mass is 79.9. The van der Waals surface area contributed by atoms with Gasteiger partial charge in [0.2, 0.25) is 0 Å². The van der Waals surface area contributed by atoms with E-state index in [-0.39, 0.29) is 6.10 Å². The molecule has 0 N–H and O–H groups in total. The van der Waals surface area contributed by atoms with Gasteiger partial charge in [0.1, 0.15) is 11.9 Å². The van der Waals surface area contributed by atoms with Crippen LogP contribution in [-0.2, 0) is 6.42 Å². The van der Waals surface area contributed by atoms with Gasteiger partial charge in [0.15, 0.2) is 0 Å². The minimum Gasteiger partial charge on any atom is -0.484 e. The summed E-state index contributed by atoms with van der Waals surface area (Å²) in [6.45, 7) is 0. The van der Waals surface area contributed by atoms with E-state index in [9.17, 15) is 0 Å². The molecule has 0 radical (unpaired) electrons. The first-order valence-electron chi connectivity index (χ1n) is 5.78. The van der Waals surface area contributed by atoms with Crippen LogP contribution in [-0.4, -0.2) is 4.83 Å². The van der Waals surface area contributed by atoms with E-state index in [0.717, 1.165) is 12.2 Å². The topological polar surface area (TPSA) is 9.23 Å². The van der Waals surface area contributed by atoms with Gasteiger partial charge >= 0.3 is 0 Å². The molecule has 0 spiro atoms. The molecular weight excluding hydrogens is 276 g/mol. The average Bonchev–Trinajstić information content (AvgIpc) is 2.39. The molecule has 1 heterocycles. The molecule has 17 heavy (non-hydrogen) atoms. The number of ether oxygens (including phenoxy) is 1. The van der Waals surface area contributed by atoms with Crippen molar-refractivity contribution in [2.75, 3.05) is 0 Å². The molecule has 1 aliphatic rings. The van der Waals surface area contributed by atoms with Crippen LogP contribution >= 0.6 is 15.9 Å². The van der Waals surface area contributed by atoms with Crippen LogP contribution < -0.4 is 4.74 Å².